The number of hydrogen-bond donors (Lipinski definition) is 0. The topological polar surface area (TPSA) is 29.5 Å². The Labute approximate surface area is 107 Å². The van der Waals surface area contributed by atoms with Crippen molar-refractivity contribution in [1.82, 2.24) is 4.90 Å². The third kappa shape index (κ3) is 3.45. The molecule has 0 radical (unpaired) electrons. The molecular weight excluding hydrogens is 270 g/mol. The standard InChI is InChI=1S/C12H22BrNO2/c1-12(5-3-4-6-12)11(15)14(8-7-13)9-10-16-2/h3-10H2,1-2H3. The van der Waals surface area contributed by atoms with Crippen molar-refractivity contribution in [3.8, 4) is 0 Å². The van der Waals surface area contributed by atoms with Gasteiger partial charge in [0.25, 0.3) is 0 Å². The molecular formula is C12H22BrNO2. The number of rotatable bonds is 6. The molecule has 0 atom stereocenters. The molecule has 0 aliphatic heterocycles. The lowest BCUT2D eigenvalue weighted by atomic mass is 9.87. The Morgan fingerprint density at radius 2 is 2.00 bits per heavy atom. The van der Waals surface area contributed by atoms with Gasteiger partial charge in [0.05, 0.1) is 6.61 Å². The minimum Gasteiger partial charge on any atom is -0.383 e. The molecule has 16 heavy (non-hydrogen) atoms. The van der Waals surface area contributed by atoms with E-state index in [0.29, 0.717) is 19.1 Å². The maximum atomic E-state index is 12.4. The summed E-state index contributed by atoms with van der Waals surface area (Å²) in [7, 11) is 1.67. The van der Waals surface area contributed by atoms with Crippen molar-refractivity contribution in [2.45, 2.75) is 32.6 Å². The van der Waals surface area contributed by atoms with Crippen LogP contribution in [0.3, 0.4) is 0 Å². The highest BCUT2D eigenvalue weighted by Crippen LogP contribution is 2.39. The monoisotopic (exact) mass is 291 g/mol. The van der Waals surface area contributed by atoms with Crippen molar-refractivity contribution in [2.75, 3.05) is 32.1 Å². The van der Waals surface area contributed by atoms with Crippen LogP contribution in [-0.4, -0.2) is 42.9 Å². The molecule has 0 saturated heterocycles. The predicted octanol–water partition coefficient (Wildman–Crippen LogP) is 2.44. The fourth-order valence-corrected chi connectivity index (χ4v) is 2.80. The highest BCUT2D eigenvalue weighted by Gasteiger charge is 2.38. The van der Waals surface area contributed by atoms with Crippen LogP contribution < -0.4 is 0 Å². The zero-order chi connectivity index (χ0) is 12.0. The van der Waals surface area contributed by atoms with Gasteiger partial charge in [0.15, 0.2) is 0 Å². The summed E-state index contributed by atoms with van der Waals surface area (Å²) in [6.45, 7) is 4.21. The first-order valence-corrected chi connectivity index (χ1v) is 7.10. The predicted molar refractivity (Wildman–Crippen MR) is 68.8 cm³/mol. The molecule has 0 N–H and O–H groups in total. The van der Waals surface area contributed by atoms with Crippen molar-refractivity contribution in [3.63, 3.8) is 0 Å². The first-order valence-electron chi connectivity index (χ1n) is 5.98. The van der Waals surface area contributed by atoms with Crippen molar-refractivity contribution >= 4 is 21.8 Å². The van der Waals surface area contributed by atoms with Gasteiger partial charge >= 0.3 is 0 Å². The van der Waals surface area contributed by atoms with Gasteiger partial charge in [-0.25, -0.2) is 0 Å². The van der Waals surface area contributed by atoms with Gasteiger partial charge in [-0.1, -0.05) is 35.7 Å². The molecule has 0 heterocycles. The van der Waals surface area contributed by atoms with Crippen LogP contribution in [0.4, 0.5) is 0 Å². The van der Waals surface area contributed by atoms with Crippen molar-refractivity contribution in [1.29, 1.82) is 0 Å². The number of carbonyl (C=O) groups is 1. The second-order valence-corrected chi connectivity index (χ2v) is 5.53. The molecule has 1 aliphatic rings. The normalized spacial score (nSPS) is 18.7. The number of carbonyl (C=O) groups excluding carboxylic acids is 1. The zero-order valence-electron chi connectivity index (χ0n) is 10.3. The molecule has 1 fully saturated rings. The lowest BCUT2D eigenvalue weighted by Gasteiger charge is -2.31. The van der Waals surface area contributed by atoms with E-state index in [2.05, 4.69) is 22.9 Å². The molecule has 0 bridgehead atoms. The Balaban J connectivity index is 2.58. The summed E-state index contributed by atoms with van der Waals surface area (Å²) in [6, 6.07) is 0. The number of hydrogen-bond acceptors (Lipinski definition) is 2. The summed E-state index contributed by atoms with van der Waals surface area (Å²) in [5, 5.41) is 0.832. The summed E-state index contributed by atoms with van der Waals surface area (Å²) in [4.78, 5) is 14.3. The molecule has 1 aliphatic carbocycles. The number of methoxy groups -OCH3 is 1. The molecule has 4 heteroatoms. The molecule has 0 unspecified atom stereocenters. The van der Waals surface area contributed by atoms with E-state index in [1.54, 1.807) is 7.11 Å². The third-order valence-electron chi connectivity index (χ3n) is 3.43. The van der Waals surface area contributed by atoms with E-state index in [4.69, 9.17) is 4.74 Å². The fourth-order valence-electron chi connectivity index (χ4n) is 2.37. The Hall–Kier alpha value is -0.0900. The van der Waals surface area contributed by atoms with Gasteiger partial charge in [-0.3, -0.25) is 4.79 Å². The summed E-state index contributed by atoms with van der Waals surface area (Å²) in [5.41, 5.74) is -0.115. The van der Waals surface area contributed by atoms with E-state index in [0.717, 1.165) is 24.7 Å². The molecule has 1 rings (SSSR count). The summed E-state index contributed by atoms with van der Waals surface area (Å²) < 4.78 is 5.06. The van der Waals surface area contributed by atoms with Crippen LogP contribution in [0.25, 0.3) is 0 Å². The van der Waals surface area contributed by atoms with Gasteiger partial charge in [0.2, 0.25) is 5.91 Å². The number of ether oxygens (including phenoxy) is 1. The minimum atomic E-state index is -0.115. The maximum Gasteiger partial charge on any atom is 0.228 e. The van der Waals surface area contributed by atoms with Gasteiger partial charge in [-0.05, 0) is 12.8 Å². The largest absolute Gasteiger partial charge is 0.383 e. The Morgan fingerprint density at radius 1 is 1.38 bits per heavy atom. The first kappa shape index (κ1) is 14.0. The van der Waals surface area contributed by atoms with E-state index < -0.39 is 0 Å². The van der Waals surface area contributed by atoms with E-state index in [1.807, 2.05) is 4.90 Å². The van der Waals surface area contributed by atoms with Crippen LogP contribution in [0.2, 0.25) is 0 Å². The first-order chi connectivity index (χ1) is 7.64. The molecule has 1 saturated carbocycles. The van der Waals surface area contributed by atoms with Gasteiger partial charge in [-0.2, -0.15) is 0 Å². The Morgan fingerprint density at radius 3 is 2.50 bits per heavy atom. The van der Waals surface area contributed by atoms with Crippen LogP contribution >= 0.6 is 15.9 Å². The molecule has 0 aromatic carbocycles. The van der Waals surface area contributed by atoms with Crippen molar-refractivity contribution < 1.29 is 9.53 Å². The van der Waals surface area contributed by atoms with Gasteiger partial charge in [0.1, 0.15) is 0 Å². The van der Waals surface area contributed by atoms with Gasteiger partial charge < -0.3 is 9.64 Å². The molecule has 3 nitrogen and oxygen atoms in total. The zero-order valence-corrected chi connectivity index (χ0v) is 11.9. The number of alkyl halides is 1. The van der Waals surface area contributed by atoms with Crippen LogP contribution in [-0.2, 0) is 9.53 Å². The third-order valence-corrected chi connectivity index (χ3v) is 3.79. The maximum absolute atomic E-state index is 12.4. The fraction of sp³-hybridized carbons (Fsp3) is 0.917. The van der Waals surface area contributed by atoms with E-state index in [9.17, 15) is 4.79 Å². The smallest absolute Gasteiger partial charge is 0.228 e. The second kappa shape index (κ2) is 6.60. The lowest BCUT2D eigenvalue weighted by Crippen LogP contribution is -2.43. The Kier molecular flexibility index (Phi) is 5.76. The van der Waals surface area contributed by atoms with Crippen LogP contribution in [0, 0.1) is 5.41 Å². The lowest BCUT2D eigenvalue weighted by molar-refractivity contribution is -0.141. The average molecular weight is 292 g/mol. The molecule has 1 amide bonds. The molecule has 0 spiro atoms. The Bertz CT molecular complexity index is 227. The van der Waals surface area contributed by atoms with Crippen LogP contribution in [0.1, 0.15) is 32.6 Å². The van der Waals surface area contributed by atoms with E-state index in [-0.39, 0.29) is 5.41 Å². The van der Waals surface area contributed by atoms with E-state index in [1.165, 1.54) is 12.8 Å². The second-order valence-electron chi connectivity index (χ2n) is 4.74. The number of amides is 1. The summed E-state index contributed by atoms with van der Waals surface area (Å²) >= 11 is 3.40. The van der Waals surface area contributed by atoms with Crippen molar-refractivity contribution in [3.05, 3.63) is 0 Å². The minimum absolute atomic E-state index is 0.115. The van der Waals surface area contributed by atoms with Gasteiger partial charge in [-0.15, -0.1) is 0 Å². The summed E-state index contributed by atoms with van der Waals surface area (Å²) in [5.74, 6) is 0.307. The highest BCUT2D eigenvalue weighted by molar-refractivity contribution is 9.09. The SMILES string of the molecule is COCCN(CCBr)C(=O)C1(C)CCCC1. The van der Waals surface area contributed by atoms with Crippen LogP contribution in [0.15, 0.2) is 0 Å². The number of nitrogens with zero attached hydrogens (tertiary/aromatic N) is 1. The average Bonchev–Trinajstić information content (AvgIpc) is 2.72. The van der Waals surface area contributed by atoms with Crippen molar-refractivity contribution in [2.24, 2.45) is 5.41 Å². The summed E-state index contributed by atoms with van der Waals surface area (Å²) in [6.07, 6.45) is 4.46. The highest BCUT2D eigenvalue weighted by atomic mass is 79.9. The molecule has 94 valence electrons. The quantitative estimate of drug-likeness (QED) is 0.704. The molecule has 0 aromatic rings. The van der Waals surface area contributed by atoms with E-state index >= 15 is 0 Å². The molecule has 0 aromatic heterocycles. The number of halogens is 1. The van der Waals surface area contributed by atoms with Crippen LogP contribution in [0.5, 0.6) is 0 Å². The van der Waals surface area contributed by atoms with Gasteiger partial charge in [0, 0.05) is 30.9 Å².